The summed E-state index contributed by atoms with van der Waals surface area (Å²) in [4.78, 5) is 10.6. The molecule has 0 aromatic heterocycles. The quantitative estimate of drug-likeness (QED) is 0.841. The zero-order valence-electron chi connectivity index (χ0n) is 11.7. The van der Waals surface area contributed by atoms with Crippen molar-refractivity contribution in [2.24, 2.45) is 5.73 Å². The van der Waals surface area contributed by atoms with Crippen LogP contribution in [0.5, 0.6) is 0 Å². The second kappa shape index (κ2) is 6.01. The third-order valence-corrected chi connectivity index (χ3v) is 3.47. The molecular formula is C15H23NO2. The summed E-state index contributed by atoms with van der Waals surface area (Å²) < 4.78 is 0. The molecule has 0 aliphatic carbocycles. The minimum atomic E-state index is -0.792. The first-order valence-corrected chi connectivity index (χ1v) is 6.41. The molecule has 0 spiro atoms. The van der Waals surface area contributed by atoms with Crippen LogP contribution in [0, 0.1) is 13.8 Å². The van der Waals surface area contributed by atoms with E-state index in [1.54, 1.807) is 0 Å². The first kappa shape index (κ1) is 14.7. The van der Waals surface area contributed by atoms with E-state index in [9.17, 15) is 4.79 Å². The van der Waals surface area contributed by atoms with Crippen LogP contribution >= 0.6 is 0 Å². The van der Waals surface area contributed by atoms with Crippen LogP contribution in [0.3, 0.4) is 0 Å². The molecule has 0 heterocycles. The topological polar surface area (TPSA) is 63.3 Å². The lowest BCUT2D eigenvalue weighted by atomic mass is 9.89. The van der Waals surface area contributed by atoms with Crippen molar-refractivity contribution in [1.82, 2.24) is 0 Å². The van der Waals surface area contributed by atoms with Crippen LogP contribution in [0.15, 0.2) is 12.1 Å². The van der Waals surface area contributed by atoms with Gasteiger partial charge in [-0.15, -0.1) is 0 Å². The molecule has 1 aromatic carbocycles. The molecule has 3 N–H and O–H groups in total. The lowest BCUT2D eigenvalue weighted by Gasteiger charge is -2.19. The van der Waals surface area contributed by atoms with Gasteiger partial charge in [-0.3, -0.25) is 4.79 Å². The van der Waals surface area contributed by atoms with Crippen molar-refractivity contribution < 1.29 is 9.90 Å². The number of carbonyl (C=O) groups is 1. The van der Waals surface area contributed by atoms with Crippen LogP contribution in [-0.2, 0) is 4.79 Å². The molecule has 0 aliphatic heterocycles. The minimum Gasteiger partial charge on any atom is -0.481 e. The average molecular weight is 249 g/mol. The maximum Gasteiger partial charge on any atom is 0.303 e. The van der Waals surface area contributed by atoms with Crippen molar-refractivity contribution >= 4 is 5.97 Å². The molecule has 1 unspecified atom stereocenters. The molecular weight excluding hydrogens is 226 g/mol. The maximum atomic E-state index is 10.6. The summed E-state index contributed by atoms with van der Waals surface area (Å²) in [6, 6.07) is 4.12. The number of rotatable bonds is 5. The van der Waals surface area contributed by atoms with Gasteiger partial charge in [-0.25, -0.2) is 0 Å². The summed E-state index contributed by atoms with van der Waals surface area (Å²) in [5, 5.41) is 8.72. The number of aryl methyl sites for hydroxylation is 1. The standard InChI is InChI=1S/C15H23NO2/c1-9(2)12-7-10(3)11(4)13(8-12)14(16)5-6-15(17)18/h7-9,14H,5-6,16H2,1-4H3,(H,17,18). The Morgan fingerprint density at radius 3 is 2.44 bits per heavy atom. The summed E-state index contributed by atoms with van der Waals surface area (Å²) in [5.41, 5.74) is 10.9. The van der Waals surface area contributed by atoms with Crippen LogP contribution in [0.4, 0.5) is 0 Å². The van der Waals surface area contributed by atoms with Crippen LogP contribution in [0.2, 0.25) is 0 Å². The number of carboxylic acids is 1. The first-order valence-electron chi connectivity index (χ1n) is 6.41. The van der Waals surface area contributed by atoms with Crippen LogP contribution in [0.25, 0.3) is 0 Å². The van der Waals surface area contributed by atoms with Crippen molar-refractivity contribution in [3.05, 3.63) is 34.4 Å². The maximum absolute atomic E-state index is 10.6. The Morgan fingerprint density at radius 2 is 1.94 bits per heavy atom. The highest BCUT2D eigenvalue weighted by atomic mass is 16.4. The second-order valence-electron chi connectivity index (χ2n) is 5.25. The molecule has 0 saturated carbocycles. The molecule has 0 radical (unpaired) electrons. The molecule has 0 bridgehead atoms. The highest BCUT2D eigenvalue weighted by Crippen LogP contribution is 2.27. The zero-order chi connectivity index (χ0) is 13.9. The van der Waals surface area contributed by atoms with Gasteiger partial charge in [0, 0.05) is 12.5 Å². The summed E-state index contributed by atoms with van der Waals surface area (Å²) in [5.74, 6) is -0.338. The van der Waals surface area contributed by atoms with E-state index in [0.717, 1.165) is 5.56 Å². The fourth-order valence-corrected chi connectivity index (χ4v) is 2.07. The largest absolute Gasteiger partial charge is 0.481 e. The van der Waals surface area contributed by atoms with Gasteiger partial charge < -0.3 is 10.8 Å². The Balaban J connectivity index is 3.02. The molecule has 3 heteroatoms. The Morgan fingerprint density at radius 1 is 1.33 bits per heavy atom. The van der Waals surface area contributed by atoms with Crippen molar-refractivity contribution in [3.63, 3.8) is 0 Å². The van der Waals surface area contributed by atoms with E-state index in [2.05, 4.69) is 39.8 Å². The zero-order valence-corrected chi connectivity index (χ0v) is 11.7. The van der Waals surface area contributed by atoms with Crippen molar-refractivity contribution in [3.8, 4) is 0 Å². The van der Waals surface area contributed by atoms with E-state index < -0.39 is 5.97 Å². The number of aliphatic carboxylic acids is 1. The molecule has 1 rings (SSSR count). The fourth-order valence-electron chi connectivity index (χ4n) is 2.07. The monoisotopic (exact) mass is 249 g/mol. The van der Waals surface area contributed by atoms with Crippen molar-refractivity contribution in [2.75, 3.05) is 0 Å². The van der Waals surface area contributed by atoms with E-state index in [0.29, 0.717) is 12.3 Å². The Labute approximate surface area is 109 Å². The van der Waals surface area contributed by atoms with Gasteiger partial charge in [0.2, 0.25) is 0 Å². The van der Waals surface area contributed by atoms with Crippen molar-refractivity contribution in [2.45, 2.75) is 52.5 Å². The first-order chi connectivity index (χ1) is 8.32. The van der Waals surface area contributed by atoms with Gasteiger partial charge in [-0.2, -0.15) is 0 Å². The van der Waals surface area contributed by atoms with Gasteiger partial charge in [-0.1, -0.05) is 26.0 Å². The van der Waals surface area contributed by atoms with Crippen molar-refractivity contribution in [1.29, 1.82) is 0 Å². The SMILES string of the molecule is Cc1cc(C(C)C)cc(C(N)CCC(=O)O)c1C. The van der Waals surface area contributed by atoms with Gasteiger partial charge in [0.1, 0.15) is 0 Å². The van der Waals surface area contributed by atoms with E-state index >= 15 is 0 Å². The van der Waals surface area contributed by atoms with Crippen LogP contribution in [0.1, 0.15) is 60.9 Å². The van der Waals surface area contributed by atoms with Crippen LogP contribution < -0.4 is 5.73 Å². The number of nitrogens with two attached hydrogens (primary N) is 1. The van der Waals surface area contributed by atoms with E-state index in [4.69, 9.17) is 10.8 Å². The number of benzene rings is 1. The summed E-state index contributed by atoms with van der Waals surface area (Å²) in [6.45, 7) is 8.43. The molecule has 0 aliphatic rings. The number of hydrogen-bond acceptors (Lipinski definition) is 2. The Hall–Kier alpha value is -1.35. The fraction of sp³-hybridized carbons (Fsp3) is 0.533. The molecule has 100 valence electrons. The predicted octanol–water partition coefficient (Wildman–Crippen LogP) is 3.29. The van der Waals surface area contributed by atoms with E-state index in [1.807, 2.05) is 0 Å². The molecule has 1 aromatic rings. The normalized spacial score (nSPS) is 12.8. The van der Waals surface area contributed by atoms with E-state index in [1.165, 1.54) is 16.7 Å². The van der Waals surface area contributed by atoms with Gasteiger partial charge in [0.25, 0.3) is 0 Å². The smallest absolute Gasteiger partial charge is 0.303 e. The number of hydrogen-bond donors (Lipinski definition) is 2. The van der Waals surface area contributed by atoms with Crippen LogP contribution in [-0.4, -0.2) is 11.1 Å². The summed E-state index contributed by atoms with van der Waals surface area (Å²) >= 11 is 0. The average Bonchev–Trinajstić information content (AvgIpc) is 2.29. The third-order valence-electron chi connectivity index (χ3n) is 3.47. The predicted molar refractivity (Wildman–Crippen MR) is 73.8 cm³/mol. The van der Waals surface area contributed by atoms with E-state index in [-0.39, 0.29) is 12.5 Å². The Bertz CT molecular complexity index is 438. The molecule has 0 fully saturated rings. The molecule has 0 saturated heterocycles. The van der Waals surface area contributed by atoms with Gasteiger partial charge in [0.15, 0.2) is 0 Å². The van der Waals surface area contributed by atoms with Gasteiger partial charge >= 0.3 is 5.97 Å². The second-order valence-corrected chi connectivity index (χ2v) is 5.25. The molecule has 3 nitrogen and oxygen atoms in total. The highest BCUT2D eigenvalue weighted by molar-refractivity contribution is 5.66. The summed E-state index contributed by atoms with van der Waals surface area (Å²) in [6.07, 6.45) is 0.600. The molecule has 0 amide bonds. The number of carboxylic acid groups (broad SMARTS) is 1. The molecule has 18 heavy (non-hydrogen) atoms. The minimum absolute atomic E-state index is 0.117. The highest BCUT2D eigenvalue weighted by Gasteiger charge is 2.14. The van der Waals surface area contributed by atoms with Gasteiger partial charge in [0.05, 0.1) is 0 Å². The lowest BCUT2D eigenvalue weighted by molar-refractivity contribution is -0.137. The molecule has 1 atom stereocenters. The van der Waals surface area contributed by atoms with Gasteiger partial charge in [-0.05, 0) is 48.4 Å². The summed E-state index contributed by atoms with van der Waals surface area (Å²) in [7, 11) is 0. The lowest BCUT2D eigenvalue weighted by Crippen LogP contribution is -2.14. The third kappa shape index (κ3) is 3.57. The Kier molecular flexibility index (Phi) is 4.91.